The van der Waals surface area contributed by atoms with Crippen molar-refractivity contribution in [2.45, 2.75) is 70.0 Å². The molecule has 0 heterocycles. The maximum Gasteiger partial charge on any atom is 0.326 e. The zero-order valence-corrected chi connectivity index (χ0v) is 20.9. The molecule has 0 bridgehead atoms. The van der Waals surface area contributed by atoms with Gasteiger partial charge in [0.05, 0.1) is 0 Å². The number of aliphatic carboxylic acids is 3. The van der Waals surface area contributed by atoms with Crippen LogP contribution in [-0.2, 0) is 25.6 Å². The highest BCUT2D eigenvalue weighted by Gasteiger charge is 2.25. The molecule has 11 nitrogen and oxygen atoms in total. The molecule has 6 N–H and O–H groups in total. The predicted octanol–water partition coefficient (Wildman–Crippen LogP) is 1.97. The molecule has 3 amide bonds. The standard InChI is InChI=1S/C22H30IN3O8/c1-13(24-18(27)4-2-3-14-6-8-15(23)9-7-14)5-10-16(20(30)31)25-22(34)26-17(21(32)33)11-12-19(28)29/h6-9,13,16-17H,2-5,10-12H2,1H3,(H,24,27)(H,28,29)(H,30,31)(H,32,33)(H2,25,26,34)/t13-,16?,17-/m0/s1. The highest BCUT2D eigenvalue weighted by molar-refractivity contribution is 14.1. The predicted molar refractivity (Wildman–Crippen MR) is 130 cm³/mol. The summed E-state index contributed by atoms with van der Waals surface area (Å²) in [5.41, 5.74) is 1.14. The van der Waals surface area contributed by atoms with Crippen molar-refractivity contribution in [3.63, 3.8) is 0 Å². The second-order valence-corrected chi connectivity index (χ2v) is 9.10. The van der Waals surface area contributed by atoms with Gasteiger partial charge in [0.15, 0.2) is 0 Å². The lowest BCUT2D eigenvalue weighted by Gasteiger charge is -2.20. The van der Waals surface area contributed by atoms with Gasteiger partial charge in [-0.2, -0.15) is 0 Å². The summed E-state index contributed by atoms with van der Waals surface area (Å²) in [6, 6.07) is 3.89. The molecule has 1 aromatic carbocycles. The maximum atomic E-state index is 12.1. The van der Waals surface area contributed by atoms with Crippen molar-refractivity contribution in [1.82, 2.24) is 16.0 Å². The summed E-state index contributed by atoms with van der Waals surface area (Å²) in [5.74, 6) is -4.12. The molecule has 0 radical (unpaired) electrons. The molecule has 1 unspecified atom stereocenters. The Labute approximate surface area is 210 Å². The van der Waals surface area contributed by atoms with Crippen LogP contribution in [0.5, 0.6) is 0 Å². The number of carbonyl (C=O) groups is 5. The van der Waals surface area contributed by atoms with Crippen LogP contribution < -0.4 is 16.0 Å². The molecule has 12 heteroatoms. The quantitative estimate of drug-likeness (QED) is 0.167. The van der Waals surface area contributed by atoms with E-state index in [4.69, 9.17) is 10.2 Å². The minimum Gasteiger partial charge on any atom is -0.481 e. The molecule has 0 aliphatic rings. The number of urea groups is 1. The van der Waals surface area contributed by atoms with E-state index >= 15 is 0 Å². The number of rotatable bonds is 15. The van der Waals surface area contributed by atoms with E-state index in [1.807, 2.05) is 24.3 Å². The van der Waals surface area contributed by atoms with Crippen LogP contribution in [0.3, 0.4) is 0 Å². The first kappa shape index (κ1) is 29.1. The zero-order chi connectivity index (χ0) is 25.7. The normalized spacial score (nSPS) is 13.2. The van der Waals surface area contributed by atoms with E-state index in [0.29, 0.717) is 12.8 Å². The van der Waals surface area contributed by atoms with Crippen molar-refractivity contribution in [2.24, 2.45) is 0 Å². The molecule has 0 saturated carbocycles. The van der Waals surface area contributed by atoms with Crippen LogP contribution in [-0.4, -0.2) is 63.3 Å². The molecule has 0 aliphatic carbocycles. The summed E-state index contributed by atoms with van der Waals surface area (Å²) in [6.07, 6.45) is 1.21. The second kappa shape index (κ2) is 15.1. The van der Waals surface area contributed by atoms with Gasteiger partial charge in [0.25, 0.3) is 0 Å². The van der Waals surface area contributed by atoms with Gasteiger partial charge in [0.1, 0.15) is 12.1 Å². The van der Waals surface area contributed by atoms with Gasteiger partial charge >= 0.3 is 23.9 Å². The van der Waals surface area contributed by atoms with E-state index < -0.39 is 42.4 Å². The third-order valence-corrected chi connectivity index (χ3v) is 5.65. The van der Waals surface area contributed by atoms with Crippen molar-refractivity contribution in [3.05, 3.63) is 33.4 Å². The van der Waals surface area contributed by atoms with E-state index in [0.717, 1.165) is 15.6 Å². The Hall–Kier alpha value is -2.90. The fourth-order valence-electron chi connectivity index (χ4n) is 3.08. The van der Waals surface area contributed by atoms with Gasteiger partial charge in [-0.15, -0.1) is 0 Å². The van der Waals surface area contributed by atoms with Gasteiger partial charge in [-0.05, 0) is 79.3 Å². The lowest BCUT2D eigenvalue weighted by atomic mass is 10.1. The van der Waals surface area contributed by atoms with Crippen molar-refractivity contribution in [1.29, 1.82) is 0 Å². The SMILES string of the molecule is C[C@@H](CCC(NC(=O)N[C@@H](CCC(=O)O)C(=O)O)C(=O)O)NC(=O)CCCc1ccc(I)cc1. The van der Waals surface area contributed by atoms with Crippen LogP contribution >= 0.6 is 22.6 Å². The number of carboxylic acids is 3. The summed E-state index contributed by atoms with van der Waals surface area (Å²) < 4.78 is 1.14. The van der Waals surface area contributed by atoms with E-state index in [-0.39, 0.29) is 31.2 Å². The van der Waals surface area contributed by atoms with Gasteiger partial charge in [0.2, 0.25) is 5.91 Å². The Morgan fingerprint density at radius 1 is 0.824 bits per heavy atom. The van der Waals surface area contributed by atoms with Crippen LogP contribution in [0.2, 0.25) is 0 Å². The summed E-state index contributed by atoms with van der Waals surface area (Å²) in [4.78, 5) is 57.4. The first-order valence-corrected chi connectivity index (χ1v) is 11.8. The molecule has 0 fully saturated rings. The van der Waals surface area contributed by atoms with Gasteiger partial charge < -0.3 is 31.3 Å². The largest absolute Gasteiger partial charge is 0.481 e. The number of hydrogen-bond acceptors (Lipinski definition) is 5. The number of carboxylic acid groups (broad SMARTS) is 3. The third kappa shape index (κ3) is 12.4. The molecular formula is C22H30IN3O8. The number of aryl methyl sites for hydroxylation is 1. The molecule has 0 aliphatic heterocycles. The van der Waals surface area contributed by atoms with Crippen LogP contribution in [0.1, 0.15) is 51.0 Å². The molecule has 34 heavy (non-hydrogen) atoms. The van der Waals surface area contributed by atoms with E-state index in [2.05, 4.69) is 38.5 Å². The number of nitrogens with one attached hydrogen (secondary N) is 3. The molecule has 1 aromatic rings. The second-order valence-electron chi connectivity index (χ2n) is 7.86. The van der Waals surface area contributed by atoms with E-state index in [9.17, 15) is 29.1 Å². The van der Waals surface area contributed by atoms with E-state index in [1.54, 1.807) is 6.92 Å². The van der Waals surface area contributed by atoms with Gasteiger partial charge in [-0.3, -0.25) is 9.59 Å². The lowest BCUT2D eigenvalue weighted by molar-refractivity contribution is -0.141. The molecule has 188 valence electrons. The number of halogens is 1. The topological polar surface area (TPSA) is 182 Å². The highest BCUT2D eigenvalue weighted by atomic mass is 127. The summed E-state index contributed by atoms with van der Waals surface area (Å²) in [6.45, 7) is 1.72. The summed E-state index contributed by atoms with van der Waals surface area (Å²) in [5, 5.41) is 34.2. The fourth-order valence-corrected chi connectivity index (χ4v) is 3.44. The number of hydrogen-bond donors (Lipinski definition) is 6. The average Bonchev–Trinajstić information content (AvgIpc) is 2.74. The smallest absolute Gasteiger partial charge is 0.326 e. The third-order valence-electron chi connectivity index (χ3n) is 4.93. The fraction of sp³-hybridized carbons (Fsp3) is 0.500. The Kier molecular flexibility index (Phi) is 12.9. The minimum atomic E-state index is -1.47. The van der Waals surface area contributed by atoms with Gasteiger partial charge in [-0.1, -0.05) is 12.1 Å². The molecule has 3 atom stereocenters. The van der Waals surface area contributed by atoms with Crippen molar-refractivity contribution < 1.29 is 39.3 Å². The monoisotopic (exact) mass is 591 g/mol. The summed E-state index contributed by atoms with van der Waals surface area (Å²) >= 11 is 2.22. The Bertz CT molecular complexity index is 862. The van der Waals surface area contributed by atoms with Crippen LogP contribution in [0, 0.1) is 3.57 Å². The number of carbonyl (C=O) groups excluding carboxylic acids is 2. The molecule has 0 saturated heterocycles. The molecular weight excluding hydrogens is 561 g/mol. The number of amides is 3. The Morgan fingerprint density at radius 2 is 1.38 bits per heavy atom. The first-order chi connectivity index (χ1) is 16.0. The highest BCUT2D eigenvalue weighted by Crippen LogP contribution is 2.10. The zero-order valence-electron chi connectivity index (χ0n) is 18.8. The van der Waals surface area contributed by atoms with Gasteiger partial charge in [-0.25, -0.2) is 14.4 Å². The van der Waals surface area contributed by atoms with Crippen molar-refractivity contribution in [2.75, 3.05) is 0 Å². The van der Waals surface area contributed by atoms with Crippen molar-refractivity contribution in [3.8, 4) is 0 Å². The first-order valence-electron chi connectivity index (χ1n) is 10.8. The Balaban J connectivity index is 2.42. The van der Waals surface area contributed by atoms with Crippen LogP contribution in [0.15, 0.2) is 24.3 Å². The average molecular weight is 591 g/mol. The van der Waals surface area contributed by atoms with E-state index in [1.165, 1.54) is 0 Å². The van der Waals surface area contributed by atoms with Gasteiger partial charge in [0, 0.05) is 22.5 Å². The maximum absolute atomic E-state index is 12.1. The van der Waals surface area contributed by atoms with Crippen LogP contribution in [0.4, 0.5) is 4.79 Å². The Morgan fingerprint density at radius 3 is 1.91 bits per heavy atom. The molecule has 0 aromatic heterocycles. The number of benzene rings is 1. The summed E-state index contributed by atoms with van der Waals surface area (Å²) in [7, 11) is 0. The molecule has 0 spiro atoms. The van der Waals surface area contributed by atoms with Crippen LogP contribution in [0.25, 0.3) is 0 Å². The lowest BCUT2D eigenvalue weighted by Crippen LogP contribution is -2.51. The molecule has 1 rings (SSSR count). The van der Waals surface area contributed by atoms with Crippen molar-refractivity contribution >= 4 is 52.4 Å². The minimum absolute atomic E-state index is 0.000283.